The van der Waals surface area contributed by atoms with E-state index in [0.717, 1.165) is 6.07 Å². The first kappa shape index (κ1) is 14.4. The van der Waals surface area contributed by atoms with E-state index in [4.69, 9.17) is 5.11 Å². The van der Waals surface area contributed by atoms with Gasteiger partial charge in [0, 0.05) is 24.7 Å². The zero-order valence-corrected chi connectivity index (χ0v) is 12.0. The first-order valence-electron chi connectivity index (χ1n) is 7.03. The maximum atomic E-state index is 13.7. The molecule has 1 aliphatic heterocycles. The van der Waals surface area contributed by atoms with E-state index in [9.17, 15) is 14.0 Å². The normalized spacial score (nSPS) is 21.3. The molecule has 1 aliphatic rings. The van der Waals surface area contributed by atoms with Gasteiger partial charge < -0.3 is 10.0 Å². The minimum atomic E-state index is -0.912. The number of carboxylic acids is 1. The van der Waals surface area contributed by atoms with Gasteiger partial charge in [-0.05, 0) is 24.1 Å². The Labute approximate surface area is 126 Å². The second kappa shape index (κ2) is 5.36. The molecule has 2 heterocycles. The molecule has 1 amide bonds. The number of amides is 1. The highest BCUT2D eigenvalue weighted by Crippen LogP contribution is 2.27. The maximum Gasteiger partial charge on any atom is 0.308 e. The van der Waals surface area contributed by atoms with Gasteiger partial charge in [-0.3, -0.25) is 14.6 Å². The molecule has 0 spiro atoms. The topological polar surface area (TPSA) is 70.5 Å². The minimum Gasteiger partial charge on any atom is -0.481 e. The third-order valence-corrected chi connectivity index (χ3v) is 4.12. The number of likely N-dealkylation sites (tertiary alicyclic amines) is 1. The summed E-state index contributed by atoms with van der Waals surface area (Å²) in [5.41, 5.74) is 0.606. The first-order chi connectivity index (χ1) is 10.5. The van der Waals surface area contributed by atoms with Crippen molar-refractivity contribution in [3.05, 3.63) is 41.8 Å². The molecule has 0 aliphatic carbocycles. The molecule has 2 aromatic rings. The van der Waals surface area contributed by atoms with Crippen LogP contribution in [-0.2, 0) is 4.79 Å². The zero-order chi connectivity index (χ0) is 15.9. The SMILES string of the molecule is C[C@@H]1CN(C(=O)c2cc(F)cc3cccnc23)C[C@H]1C(=O)O. The van der Waals surface area contributed by atoms with Gasteiger partial charge in [-0.15, -0.1) is 0 Å². The number of aliphatic carboxylic acids is 1. The first-order valence-corrected chi connectivity index (χ1v) is 7.03. The van der Waals surface area contributed by atoms with Gasteiger partial charge in [-0.2, -0.15) is 0 Å². The van der Waals surface area contributed by atoms with Crippen molar-refractivity contribution < 1.29 is 19.1 Å². The molecule has 0 bridgehead atoms. The smallest absolute Gasteiger partial charge is 0.308 e. The summed E-state index contributed by atoms with van der Waals surface area (Å²) in [4.78, 5) is 29.4. The summed E-state index contributed by atoms with van der Waals surface area (Å²) >= 11 is 0. The molecule has 1 saturated heterocycles. The number of aromatic nitrogens is 1. The Bertz CT molecular complexity index is 762. The summed E-state index contributed by atoms with van der Waals surface area (Å²) in [6, 6.07) is 5.85. The molecule has 0 unspecified atom stereocenters. The van der Waals surface area contributed by atoms with Crippen LogP contribution in [0.1, 0.15) is 17.3 Å². The molecule has 0 saturated carbocycles. The third kappa shape index (κ3) is 2.41. The number of halogens is 1. The lowest BCUT2D eigenvalue weighted by Crippen LogP contribution is -2.30. The van der Waals surface area contributed by atoms with Crippen LogP contribution >= 0.6 is 0 Å². The predicted molar refractivity (Wildman–Crippen MR) is 77.9 cm³/mol. The average molecular weight is 302 g/mol. The van der Waals surface area contributed by atoms with Gasteiger partial charge in [0.25, 0.3) is 5.91 Å². The number of carbonyl (C=O) groups is 2. The van der Waals surface area contributed by atoms with Crippen molar-refractivity contribution in [1.29, 1.82) is 0 Å². The molecule has 6 heteroatoms. The van der Waals surface area contributed by atoms with Crippen LogP contribution in [0.15, 0.2) is 30.5 Å². The number of hydrogen-bond acceptors (Lipinski definition) is 3. The minimum absolute atomic E-state index is 0.130. The average Bonchev–Trinajstić information content (AvgIpc) is 2.87. The third-order valence-electron chi connectivity index (χ3n) is 4.12. The second-order valence-electron chi connectivity index (χ2n) is 5.66. The predicted octanol–water partition coefficient (Wildman–Crippen LogP) is 2.17. The van der Waals surface area contributed by atoms with Crippen LogP contribution in [0.4, 0.5) is 4.39 Å². The molecular weight excluding hydrogens is 287 g/mol. The summed E-state index contributed by atoms with van der Waals surface area (Å²) in [7, 11) is 0. The number of nitrogens with zero attached hydrogens (tertiary/aromatic N) is 2. The number of pyridine rings is 1. The van der Waals surface area contributed by atoms with Gasteiger partial charge in [-0.1, -0.05) is 13.0 Å². The number of benzene rings is 1. The van der Waals surface area contributed by atoms with Crippen molar-refractivity contribution in [2.75, 3.05) is 13.1 Å². The molecule has 0 radical (unpaired) electrons. The van der Waals surface area contributed by atoms with E-state index < -0.39 is 17.7 Å². The lowest BCUT2D eigenvalue weighted by atomic mass is 9.99. The largest absolute Gasteiger partial charge is 0.481 e. The van der Waals surface area contributed by atoms with Crippen molar-refractivity contribution in [2.24, 2.45) is 11.8 Å². The molecule has 114 valence electrons. The molecule has 1 aromatic carbocycles. The lowest BCUT2D eigenvalue weighted by molar-refractivity contribution is -0.142. The molecular formula is C16H15FN2O3. The van der Waals surface area contributed by atoms with E-state index in [1.807, 2.05) is 0 Å². The van der Waals surface area contributed by atoms with Gasteiger partial charge in [0.1, 0.15) is 5.82 Å². The Balaban J connectivity index is 1.98. The van der Waals surface area contributed by atoms with Crippen LogP contribution in [0.2, 0.25) is 0 Å². The van der Waals surface area contributed by atoms with Gasteiger partial charge in [0.2, 0.25) is 0 Å². The van der Waals surface area contributed by atoms with Gasteiger partial charge >= 0.3 is 5.97 Å². The molecule has 22 heavy (non-hydrogen) atoms. The molecule has 1 fully saturated rings. The fourth-order valence-corrected chi connectivity index (χ4v) is 2.94. The van der Waals surface area contributed by atoms with Gasteiger partial charge in [0.15, 0.2) is 0 Å². The molecule has 1 aromatic heterocycles. The summed E-state index contributed by atoms with van der Waals surface area (Å²) in [5.74, 6) is -2.51. The molecule has 2 atom stereocenters. The summed E-state index contributed by atoms with van der Waals surface area (Å²) in [6.45, 7) is 2.29. The quantitative estimate of drug-likeness (QED) is 0.923. The summed E-state index contributed by atoms with van der Waals surface area (Å²) in [6.07, 6.45) is 1.55. The number of carboxylic acid groups (broad SMARTS) is 1. The Hall–Kier alpha value is -2.50. The van der Waals surface area contributed by atoms with Crippen LogP contribution in [0.3, 0.4) is 0 Å². The maximum absolute atomic E-state index is 13.7. The van der Waals surface area contributed by atoms with Crippen LogP contribution in [0, 0.1) is 17.7 Å². The number of hydrogen-bond donors (Lipinski definition) is 1. The molecule has 1 N–H and O–H groups in total. The van der Waals surface area contributed by atoms with Crippen LogP contribution < -0.4 is 0 Å². The Morgan fingerprint density at radius 3 is 2.82 bits per heavy atom. The monoisotopic (exact) mass is 302 g/mol. The van der Waals surface area contributed by atoms with Crippen molar-refractivity contribution in [3.63, 3.8) is 0 Å². The number of rotatable bonds is 2. The zero-order valence-electron chi connectivity index (χ0n) is 12.0. The highest BCUT2D eigenvalue weighted by molar-refractivity contribution is 6.05. The second-order valence-corrected chi connectivity index (χ2v) is 5.66. The van der Waals surface area contributed by atoms with Crippen molar-refractivity contribution in [1.82, 2.24) is 9.88 Å². The van der Waals surface area contributed by atoms with E-state index >= 15 is 0 Å². The van der Waals surface area contributed by atoms with E-state index in [2.05, 4.69) is 4.98 Å². The van der Waals surface area contributed by atoms with E-state index in [0.29, 0.717) is 17.4 Å². The van der Waals surface area contributed by atoms with Crippen LogP contribution in [0.25, 0.3) is 10.9 Å². The van der Waals surface area contributed by atoms with Crippen LogP contribution in [0.5, 0.6) is 0 Å². The summed E-state index contributed by atoms with van der Waals surface area (Å²) < 4.78 is 13.7. The molecule has 5 nitrogen and oxygen atoms in total. The highest BCUT2D eigenvalue weighted by atomic mass is 19.1. The van der Waals surface area contributed by atoms with E-state index in [-0.39, 0.29) is 23.9 Å². The van der Waals surface area contributed by atoms with Crippen LogP contribution in [-0.4, -0.2) is 40.0 Å². The fraction of sp³-hybridized carbons (Fsp3) is 0.312. The van der Waals surface area contributed by atoms with Crippen molar-refractivity contribution in [3.8, 4) is 0 Å². The standard InChI is InChI=1S/C16H15FN2O3/c1-9-7-19(8-13(9)16(21)22)15(20)12-6-11(17)5-10-3-2-4-18-14(10)12/h2-6,9,13H,7-8H2,1H3,(H,21,22)/t9-,13-/m1/s1. The molecule has 3 rings (SSSR count). The Kier molecular flexibility index (Phi) is 3.52. The van der Waals surface area contributed by atoms with Gasteiger partial charge in [-0.25, -0.2) is 4.39 Å². The summed E-state index contributed by atoms with van der Waals surface area (Å²) in [5, 5.41) is 9.71. The van der Waals surface area contributed by atoms with Crippen molar-refractivity contribution in [2.45, 2.75) is 6.92 Å². The Morgan fingerprint density at radius 2 is 2.14 bits per heavy atom. The van der Waals surface area contributed by atoms with E-state index in [1.54, 1.807) is 25.3 Å². The van der Waals surface area contributed by atoms with Gasteiger partial charge in [0.05, 0.1) is 17.0 Å². The fourth-order valence-electron chi connectivity index (χ4n) is 2.94. The number of carbonyl (C=O) groups excluding carboxylic acids is 1. The van der Waals surface area contributed by atoms with E-state index in [1.165, 1.54) is 11.0 Å². The Morgan fingerprint density at radius 1 is 1.36 bits per heavy atom. The lowest BCUT2D eigenvalue weighted by Gasteiger charge is -2.17. The number of fused-ring (bicyclic) bond motifs is 1. The van der Waals surface area contributed by atoms with Crippen molar-refractivity contribution >= 4 is 22.8 Å². The highest BCUT2D eigenvalue weighted by Gasteiger charge is 2.37.